The monoisotopic (exact) mass is 496 g/mol. The minimum atomic E-state index is -4.79. The van der Waals surface area contributed by atoms with Gasteiger partial charge in [0.25, 0.3) is 5.56 Å². The second-order valence-corrected chi connectivity index (χ2v) is 8.38. The van der Waals surface area contributed by atoms with Crippen LogP contribution in [0, 0.1) is 6.92 Å². The van der Waals surface area contributed by atoms with Gasteiger partial charge < -0.3 is 5.32 Å². The van der Waals surface area contributed by atoms with E-state index in [-0.39, 0.29) is 22.5 Å². The lowest BCUT2D eigenvalue weighted by Gasteiger charge is -2.15. The third kappa shape index (κ3) is 4.79. The van der Waals surface area contributed by atoms with Crippen LogP contribution in [0.15, 0.2) is 59.4 Å². The first-order valence-corrected chi connectivity index (χ1v) is 11.2. The van der Waals surface area contributed by atoms with E-state index in [1.807, 2.05) is 19.1 Å². The Bertz CT molecular complexity index is 1520. The minimum absolute atomic E-state index is 0.0749. The molecule has 36 heavy (non-hydrogen) atoms. The molecule has 0 saturated heterocycles. The van der Waals surface area contributed by atoms with E-state index in [1.54, 1.807) is 24.3 Å². The van der Waals surface area contributed by atoms with Crippen molar-refractivity contribution < 1.29 is 22.8 Å². The van der Waals surface area contributed by atoms with Crippen LogP contribution in [0.3, 0.4) is 0 Å². The first-order valence-electron chi connectivity index (χ1n) is 11.2. The van der Waals surface area contributed by atoms with E-state index in [0.29, 0.717) is 23.0 Å². The van der Waals surface area contributed by atoms with Crippen LogP contribution >= 0.6 is 0 Å². The fraction of sp³-hybridized carbons (Fsp3) is 0.231. The number of aromatic nitrogens is 3. The van der Waals surface area contributed by atoms with Crippen LogP contribution < -0.4 is 10.9 Å². The Balaban J connectivity index is 1.82. The molecule has 2 aromatic heterocycles. The lowest BCUT2D eigenvalue weighted by Crippen LogP contribution is -2.30. The zero-order chi connectivity index (χ0) is 26.2. The number of carbonyl (C=O) groups excluding carboxylic acids is 2. The van der Waals surface area contributed by atoms with Crippen molar-refractivity contribution in [2.45, 2.75) is 39.9 Å². The summed E-state index contributed by atoms with van der Waals surface area (Å²) < 4.78 is 43.9. The molecule has 0 unspecified atom stereocenters. The summed E-state index contributed by atoms with van der Waals surface area (Å²) in [5.41, 5.74) is 0.178. The van der Waals surface area contributed by atoms with Gasteiger partial charge in [0.15, 0.2) is 5.78 Å². The van der Waals surface area contributed by atoms with Crippen LogP contribution in [0.5, 0.6) is 0 Å². The molecule has 4 rings (SSSR count). The van der Waals surface area contributed by atoms with E-state index in [4.69, 9.17) is 0 Å². The Labute approximate surface area is 204 Å². The number of fused-ring (bicyclic) bond motifs is 1. The molecule has 0 atom stereocenters. The summed E-state index contributed by atoms with van der Waals surface area (Å²) in [6.07, 6.45) is -4.02. The fourth-order valence-electron chi connectivity index (χ4n) is 4.02. The zero-order valence-corrected chi connectivity index (χ0v) is 19.8. The van der Waals surface area contributed by atoms with Gasteiger partial charge in [-0.15, -0.1) is 0 Å². The number of benzene rings is 2. The molecule has 7 nitrogen and oxygen atoms in total. The van der Waals surface area contributed by atoms with Crippen molar-refractivity contribution in [1.82, 2.24) is 14.3 Å². The number of carbonyl (C=O) groups is 2. The molecule has 2 heterocycles. The minimum Gasteiger partial charge on any atom is -0.325 e. The molecule has 4 aromatic rings. The zero-order valence-electron chi connectivity index (χ0n) is 19.8. The van der Waals surface area contributed by atoms with Crippen LogP contribution in [0.4, 0.5) is 18.9 Å². The first-order chi connectivity index (χ1) is 17.0. The van der Waals surface area contributed by atoms with Crippen molar-refractivity contribution in [3.05, 3.63) is 87.3 Å². The molecule has 0 aliphatic carbocycles. The molecular formula is C26H23F3N4O3. The topological polar surface area (TPSA) is 86.0 Å². The number of aryl methyl sites for hydroxylation is 2. The summed E-state index contributed by atoms with van der Waals surface area (Å²) in [5, 5.41) is 6.67. The van der Waals surface area contributed by atoms with Crippen LogP contribution in [0.2, 0.25) is 0 Å². The van der Waals surface area contributed by atoms with Gasteiger partial charge in [0, 0.05) is 17.3 Å². The largest absolute Gasteiger partial charge is 0.417 e. The van der Waals surface area contributed by atoms with E-state index in [0.717, 1.165) is 16.6 Å². The summed E-state index contributed by atoms with van der Waals surface area (Å²) in [6.45, 7) is 4.28. The van der Waals surface area contributed by atoms with E-state index in [1.165, 1.54) is 30.7 Å². The number of rotatable bonds is 6. The van der Waals surface area contributed by atoms with Gasteiger partial charge >= 0.3 is 6.18 Å². The second kappa shape index (κ2) is 9.44. The normalized spacial score (nSPS) is 11.6. The number of Topliss-reactive ketones (excluding diaryl/α,β-unsaturated/α-hetero) is 1. The maximum atomic E-state index is 13.9. The molecule has 0 fully saturated rings. The van der Waals surface area contributed by atoms with E-state index >= 15 is 0 Å². The third-order valence-corrected chi connectivity index (χ3v) is 5.87. The highest BCUT2D eigenvalue weighted by Gasteiger charge is 2.36. The lowest BCUT2D eigenvalue weighted by molar-refractivity contribution is -0.136. The quantitative estimate of drug-likeness (QED) is 0.384. The molecular weight excluding hydrogens is 473 g/mol. The Kier molecular flexibility index (Phi) is 6.53. The van der Waals surface area contributed by atoms with E-state index in [9.17, 15) is 27.6 Å². The maximum absolute atomic E-state index is 13.9. The van der Waals surface area contributed by atoms with Crippen molar-refractivity contribution >= 4 is 28.4 Å². The predicted molar refractivity (Wildman–Crippen MR) is 130 cm³/mol. The number of hydrogen-bond donors (Lipinski definition) is 1. The molecule has 1 amide bonds. The number of amides is 1. The maximum Gasteiger partial charge on any atom is 0.417 e. The molecule has 10 heteroatoms. The van der Waals surface area contributed by atoms with Gasteiger partial charge in [-0.25, -0.2) is 4.68 Å². The first kappa shape index (κ1) is 24.9. The van der Waals surface area contributed by atoms with Crippen LogP contribution in [0.1, 0.15) is 41.0 Å². The Morgan fingerprint density at radius 3 is 2.22 bits per heavy atom. The molecule has 2 aromatic carbocycles. The molecule has 1 N–H and O–H groups in total. The average Bonchev–Trinajstić information content (AvgIpc) is 3.17. The molecule has 186 valence electrons. The van der Waals surface area contributed by atoms with Gasteiger partial charge in [0.05, 0.1) is 22.3 Å². The van der Waals surface area contributed by atoms with Crippen molar-refractivity contribution in [1.29, 1.82) is 0 Å². The SMILES string of the molecule is CCc1ccc(-n2nc(C)c3c(C(F)(F)F)cc(=O)n(CC(=O)Nc4ccc(C(C)=O)cc4)c32)cc1. The Morgan fingerprint density at radius 2 is 1.67 bits per heavy atom. The second-order valence-electron chi connectivity index (χ2n) is 8.38. The highest BCUT2D eigenvalue weighted by molar-refractivity contribution is 5.96. The van der Waals surface area contributed by atoms with Crippen LogP contribution in [-0.4, -0.2) is 26.0 Å². The molecule has 0 spiro atoms. The summed E-state index contributed by atoms with van der Waals surface area (Å²) >= 11 is 0. The van der Waals surface area contributed by atoms with Crippen molar-refractivity contribution in [2.75, 3.05) is 5.32 Å². The van der Waals surface area contributed by atoms with Gasteiger partial charge in [-0.1, -0.05) is 19.1 Å². The number of nitrogens with one attached hydrogen (secondary N) is 1. The van der Waals surface area contributed by atoms with E-state index in [2.05, 4.69) is 10.4 Å². The molecule has 0 radical (unpaired) electrons. The number of nitrogens with zero attached hydrogens (tertiary/aromatic N) is 3. The molecule has 0 aliphatic rings. The summed E-state index contributed by atoms with van der Waals surface area (Å²) in [4.78, 5) is 37.2. The predicted octanol–water partition coefficient (Wildman–Crippen LogP) is 4.92. The lowest BCUT2D eigenvalue weighted by atomic mass is 10.1. The Morgan fingerprint density at radius 1 is 1.03 bits per heavy atom. The highest BCUT2D eigenvalue weighted by atomic mass is 19.4. The number of alkyl halides is 3. The van der Waals surface area contributed by atoms with Crippen LogP contribution in [-0.2, 0) is 23.9 Å². The van der Waals surface area contributed by atoms with Gasteiger partial charge in [-0.2, -0.15) is 18.3 Å². The van der Waals surface area contributed by atoms with Gasteiger partial charge in [0.2, 0.25) is 5.91 Å². The smallest absolute Gasteiger partial charge is 0.325 e. The number of halogens is 3. The standard InChI is InChI=1S/C26H23F3N4O3/c1-4-17-5-11-20(12-6-17)33-25-24(15(2)31-33)21(26(27,28)29)13-23(36)32(25)14-22(35)30-19-9-7-18(8-10-19)16(3)34/h5-13H,4,14H2,1-3H3,(H,30,35). The van der Waals surface area contributed by atoms with Gasteiger partial charge in [-0.3, -0.25) is 19.0 Å². The summed E-state index contributed by atoms with van der Waals surface area (Å²) in [5.74, 6) is -0.761. The molecule has 0 aliphatic heterocycles. The average molecular weight is 496 g/mol. The Hall–Kier alpha value is -4.21. The van der Waals surface area contributed by atoms with Crippen molar-refractivity contribution in [3.63, 3.8) is 0 Å². The molecule has 0 bridgehead atoms. The third-order valence-electron chi connectivity index (χ3n) is 5.87. The van der Waals surface area contributed by atoms with Gasteiger partial charge in [0.1, 0.15) is 12.2 Å². The fourth-order valence-corrected chi connectivity index (χ4v) is 4.02. The number of pyridine rings is 1. The molecule has 0 saturated carbocycles. The van der Waals surface area contributed by atoms with Crippen molar-refractivity contribution in [2.24, 2.45) is 0 Å². The van der Waals surface area contributed by atoms with E-state index < -0.39 is 29.8 Å². The number of anilines is 1. The highest BCUT2D eigenvalue weighted by Crippen LogP contribution is 2.36. The summed E-state index contributed by atoms with van der Waals surface area (Å²) in [7, 11) is 0. The summed E-state index contributed by atoms with van der Waals surface area (Å²) in [6, 6.07) is 13.7. The van der Waals surface area contributed by atoms with Crippen molar-refractivity contribution in [3.8, 4) is 5.69 Å². The van der Waals surface area contributed by atoms with Crippen LogP contribution in [0.25, 0.3) is 16.7 Å². The number of hydrogen-bond acceptors (Lipinski definition) is 4. The number of ketones is 1. The van der Waals surface area contributed by atoms with Gasteiger partial charge in [-0.05, 0) is 62.2 Å².